The van der Waals surface area contributed by atoms with Crippen LogP contribution in [0.2, 0.25) is 0 Å². The Morgan fingerprint density at radius 3 is 2.48 bits per heavy atom. The zero-order valence-corrected chi connectivity index (χ0v) is 21.1. The number of halogens is 1. The molecule has 0 saturated carbocycles. The van der Waals surface area contributed by atoms with Gasteiger partial charge in [-0.1, -0.05) is 12.1 Å². The van der Waals surface area contributed by atoms with Crippen LogP contribution in [0.15, 0.2) is 29.3 Å². The highest BCUT2D eigenvalue weighted by atomic mass is 127. The number of nitrogens with one attached hydrogen (secondary N) is 2. The van der Waals surface area contributed by atoms with Gasteiger partial charge in [-0.25, -0.2) is 0 Å². The quantitative estimate of drug-likeness (QED) is 0.313. The summed E-state index contributed by atoms with van der Waals surface area (Å²) in [6.07, 6.45) is 4.59. The summed E-state index contributed by atoms with van der Waals surface area (Å²) in [7, 11) is 1.71. The largest absolute Gasteiger partial charge is 0.497 e. The first kappa shape index (κ1) is 24.6. The standard InChI is InChI=1S/C22H35N3O2S.HI/c1-4-23-20(24-16-21(2)10-5-15-28-21)25-17-22(11-13-27-14-12-22)18-6-8-19(26-3)9-7-18;/h6-9H,4-5,10-17H2,1-3H3,(H2,23,24,25);1H. The number of hydrogen-bond acceptors (Lipinski definition) is 4. The third-order valence-electron chi connectivity index (χ3n) is 5.96. The van der Waals surface area contributed by atoms with Gasteiger partial charge in [-0.15, -0.1) is 24.0 Å². The minimum atomic E-state index is 0. The molecule has 1 aromatic carbocycles. The Hall–Kier alpha value is -0.670. The van der Waals surface area contributed by atoms with E-state index >= 15 is 0 Å². The van der Waals surface area contributed by atoms with Gasteiger partial charge >= 0.3 is 0 Å². The summed E-state index contributed by atoms with van der Waals surface area (Å²) >= 11 is 2.06. The summed E-state index contributed by atoms with van der Waals surface area (Å²) < 4.78 is 11.3. The van der Waals surface area contributed by atoms with Crippen molar-refractivity contribution in [3.05, 3.63) is 29.8 Å². The summed E-state index contributed by atoms with van der Waals surface area (Å²) in [6.45, 7) is 8.66. The van der Waals surface area contributed by atoms with Crippen LogP contribution >= 0.6 is 35.7 Å². The number of guanidine groups is 1. The SMILES string of the molecule is CCNC(=NCC1(C)CCCS1)NCC1(c2ccc(OC)cc2)CCOCC1.I. The molecule has 29 heavy (non-hydrogen) atoms. The van der Waals surface area contributed by atoms with E-state index in [4.69, 9.17) is 14.5 Å². The zero-order chi connectivity index (χ0) is 19.9. The predicted molar refractivity (Wildman–Crippen MR) is 134 cm³/mol. The monoisotopic (exact) mass is 533 g/mol. The highest BCUT2D eigenvalue weighted by Gasteiger charge is 2.35. The number of aliphatic imine (C=N–C) groups is 1. The van der Waals surface area contributed by atoms with Crippen molar-refractivity contribution in [3.63, 3.8) is 0 Å². The van der Waals surface area contributed by atoms with Crippen LogP contribution < -0.4 is 15.4 Å². The first-order valence-electron chi connectivity index (χ1n) is 10.5. The second-order valence-electron chi connectivity index (χ2n) is 8.07. The summed E-state index contributed by atoms with van der Waals surface area (Å²) in [5.41, 5.74) is 1.41. The zero-order valence-electron chi connectivity index (χ0n) is 18.0. The van der Waals surface area contributed by atoms with Crippen LogP contribution in [0.25, 0.3) is 0 Å². The maximum absolute atomic E-state index is 5.67. The fourth-order valence-electron chi connectivity index (χ4n) is 4.08. The lowest BCUT2D eigenvalue weighted by atomic mass is 9.74. The van der Waals surface area contributed by atoms with E-state index in [9.17, 15) is 0 Å². The van der Waals surface area contributed by atoms with Crippen molar-refractivity contribution < 1.29 is 9.47 Å². The topological polar surface area (TPSA) is 54.9 Å². The highest BCUT2D eigenvalue weighted by Crippen LogP contribution is 2.38. The van der Waals surface area contributed by atoms with Gasteiger partial charge in [0, 0.05) is 36.5 Å². The first-order valence-corrected chi connectivity index (χ1v) is 11.5. The smallest absolute Gasteiger partial charge is 0.191 e. The maximum atomic E-state index is 5.67. The molecule has 2 aliphatic rings. The third-order valence-corrected chi connectivity index (χ3v) is 7.49. The fraction of sp³-hybridized carbons (Fsp3) is 0.682. The molecular formula is C22H36IN3O2S. The molecule has 2 saturated heterocycles. The predicted octanol–water partition coefficient (Wildman–Crippen LogP) is 4.20. The van der Waals surface area contributed by atoms with E-state index in [1.54, 1.807) is 7.11 Å². The van der Waals surface area contributed by atoms with Gasteiger partial charge in [0.05, 0.1) is 13.7 Å². The van der Waals surface area contributed by atoms with Gasteiger partial charge in [0.25, 0.3) is 0 Å². The van der Waals surface area contributed by atoms with Crippen LogP contribution in [0, 0.1) is 0 Å². The molecule has 0 amide bonds. The van der Waals surface area contributed by atoms with E-state index < -0.39 is 0 Å². The normalized spacial score (nSPS) is 23.9. The number of nitrogens with zero attached hydrogens (tertiary/aromatic N) is 1. The molecule has 0 aliphatic carbocycles. The van der Waals surface area contributed by atoms with E-state index in [-0.39, 0.29) is 34.1 Å². The second kappa shape index (κ2) is 11.6. The first-order chi connectivity index (χ1) is 13.6. The molecule has 5 nitrogen and oxygen atoms in total. The summed E-state index contributed by atoms with van der Waals surface area (Å²) in [6, 6.07) is 8.52. The van der Waals surface area contributed by atoms with Crippen molar-refractivity contribution in [2.24, 2.45) is 4.99 Å². The number of benzene rings is 1. The van der Waals surface area contributed by atoms with Crippen LogP contribution in [0.1, 0.15) is 45.1 Å². The Kier molecular flexibility index (Phi) is 9.88. The molecule has 164 valence electrons. The van der Waals surface area contributed by atoms with Crippen molar-refractivity contribution in [3.8, 4) is 5.75 Å². The van der Waals surface area contributed by atoms with E-state index in [1.807, 2.05) is 0 Å². The summed E-state index contributed by atoms with van der Waals surface area (Å²) in [5, 5.41) is 7.07. The molecule has 2 aliphatic heterocycles. The Labute approximate surface area is 197 Å². The van der Waals surface area contributed by atoms with Crippen LogP contribution in [0.3, 0.4) is 0 Å². The number of ether oxygens (including phenoxy) is 2. The van der Waals surface area contributed by atoms with Crippen LogP contribution in [0.4, 0.5) is 0 Å². The lowest BCUT2D eigenvalue weighted by Crippen LogP contribution is -2.48. The van der Waals surface area contributed by atoms with Gasteiger partial charge in [-0.05, 0) is 63.0 Å². The fourth-order valence-corrected chi connectivity index (χ4v) is 5.30. The molecule has 7 heteroatoms. The van der Waals surface area contributed by atoms with Gasteiger partial charge in [0.15, 0.2) is 5.96 Å². The van der Waals surface area contributed by atoms with Crippen molar-refractivity contribution >= 4 is 41.7 Å². The molecule has 0 aromatic heterocycles. The lowest BCUT2D eigenvalue weighted by Gasteiger charge is -2.38. The van der Waals surface area contributed by atoms with Crippen LogP contribution in [0.5, 0.6) is 5.75 Å². The van der Waals surface area contributed by atoms with Crippen molar-refractivity contribution in [1.29, 1.82) is 0 Å². The highest BCUT2D eigenvalue weighted by molar-refractivity contribution is 14.0. The number of hydrogen-bond donors (Lipinski definition) is 2. The minimum absolute atomic E-state index is 0. The van der Waals surface area contributed by atoms with E-state index in [2.05, 4.69) is 60.5 Å². The summed E-state index contributed by atoms with van der Waals surface area (Å²) in [5.74, 6) is 3.09. The van der Waals surface area contributed by atoms with Gasteiger partial charge < -0.3 is 20.1 Å². The minimum Gasteiger partial charge on any atom is -0.497 e. The molecule has 2 heterocycles. The van der Waals surface area contributed by atoms with Crippen LogP contribution in [-0.2, 0) is 10.2 Å². The van der Waals surface area contributed by atoms with Gasteiger partial charge in [-0.2, -0.15) is 11.8 Å². The molecule has 0 radical (unpaired) electrons. The van der Waals surface area contributed by atoms with Gasteiger partial charge in [0.2, 0.25) is 0 Å². The molecule has 1 unspecified atom stereocenters. The second-order valence-corrected chi connectivity index (χ2v) is 9.75. The molecule has 3 rings (SSSR count). The van der Waals surface area contributed by atoms with E-state index in [0.717, 1.165) is 57.4 Å². The number of methoxy groups -OCH3 is 1. The van der Waals surface area contributed by atoms with Gasteiger partial charge in [-0.3, -0.25) is 4.99 Å². The molecular weight excluding hydrogens is 497 g/mol. The average molecular weight is 534 g/mol. The molecule has 1 aromatic rings. The third kappa shape index (κ3) is 6.66. The lowest BCUT2D eigenvalue weighted by molar-refractivity contribution is 0.0513. The Bertz CT molecular complexity index is 642. The van der Waals surface area contributed by atoms with Gasteiger partial charge in [0.1, 0.15) is 5.75 Å². The van der Waals surface area contributed by atoms with Crippen LogP contribution in [-0.4, -0.2) is 56.4 Å². The Morgan fingerprint density at radius 2 is 1.90 bits per heavy atom. The number of thioether (sulfide) groups is 1. The Morgan fingerprint density at radius 1 is 1.17 bits per heavy atom. The summed E-state index contributed by atoms with van der Waals surface area (Å²) in [4.78, 5) is 4.93. The molecule has 0 spiro atoms. The Balaban J connectivity index is 0.00000300. The van der Waals surface area contributed by atoms with Crippen molar-refractivity contribution in [1.82, 2.24) is 10.6 Å². The van der Waals surface area contributed by atoms with E-state index in [0.29, 0.717) is 0 Å². The van der Waals surface area contributed by atoms with Crippen molar-refractivity contribution in [2.75, 3.05) is 45.7 Å². The van der Waals surface area contributed by atoms with E-state index in [1.165, 1.54) is 24.2 Å². The molecule has 2 fully saturated rings. The molecule has 0 bridgehead atoms. The number of rotatable bonds is 7. The molecule has 1 atom stereocenters. The molecule has 2 N–H and O–H groups in total. The maximum Gasteiger partial charge on any atom is 0.191 e. The average Bonchev–Trinajstić information content (AvgIpc) is 3.17. The van der Waals surface area contributed by atoms with Crippen molar-refractivity contribution in [2.45, 2.75) is 49.7 Å².